The molecule has 2 rings (SSSR count). The number of nitrogens with zero attached hydrogens (tertiary/aromatic N) is 4. The molecule has 122 valence electrons. The number of aliphatic imine (C=N–C) groups is 1. The molecule has 2 heterocycles. The van der Waals surface area contributed by atoms with E-state index in [9.17, 15) is 15.0 Å². The van der Waals surface area contributed by atoms with Crippen LogP contribution < -0.4 is 5.69 Å². The summed E-state index contributed by atoms with van der Waals surface area (Å²) in [5.74, 6) is 0.264. The van der Waals surface area contributed by atoms with Gasteiger partial charge in [0.15, 0.2) is 12.0 Å². The Kier molecular flexibility index (Phi) is 4.64. The summed E-state index contributed by atoms with van der Waals surface area (Å²) in [6, 6.07) is 1.55. The van der Waals surface area contributed by atoms with E-state index in [2.05, 4.69) is 9.98 Å². The molecule has 1 aromatic heterocycles. The monoisotopic (exact) mass is 310 g/mol. The van der Waals surface area contributed by atoms with E-state index in [4.69, 9.17) is 4.74 Å². The van der Waals surface area contributed by atoms with Gasteiger partial charge in [-0.05, 0) is 19.4 Å². The van der Waals surface area contributed by atoms with Gasteiger partial charge in [-0.3, -0.25) is 4.57 Å². The molecule has 1 aliphatic rings. The van der Waals surface area contributed by atoms with Crippen LogP contribution in [-0.2, 0) is 4.74 Å². The van der Waals surface area contributed by atoms with Crippen molar-refractivity contribution >= 4 is 12.2 Å². The number of aliphatic hydroxyl groups is 2. The SMILES string of the molecule is CC[C@H]1OC(n2ccc(N=CN(C)C)nc2=O)C(C)(O)[C@H]1O. The summed E-state index contributed by atoms with van der Waals surface area (Å²) < 4.78 is 6.79. The summed E-state index contributed by atoms with van der Waals surface area (Å²) in [5, 5.41) is 20.5. The molecule has 0 spiro atoms. The molecule has 4 atom stereocenters. The predicted molar refractivity (Wildman–Crippen MR) is 81.2 cm³/mol. The number of aromatic nitrogens is 2. The van der Waals surface area contributed by atoms with Crippen molar-refractivity contribution in [2.45, 2.75) is 44.3 Å². The Bertz CT molecular complexity index is 611. The van der Waals surface area contributed by atoms with Crippen molar-refractivity contribution in [1.29, 1.82) is 0 Å². The van der Waals surface area contributed by atoms with Gasteiger partial charge in [0, 0.05) is 20.3 Å². The summed E-state index contributed by atoms with van der Waals surface area (Å²) in [5.41, 5.74) is -2.16. The number of aliphatic hydroxyl groups excluding tert-OH is 1. The Morgan fingerprint density at radius 1 is 1.59 bits per heavy atom. The average molecular weight is 310 g/mol. The molecule has 1 aliphatic heterocycles. The van der Waals surface area contributed by atoms with Crippen LogP contribution in [-0.4, -0.2) is 62.9 Å². The molecule has 0 aliphatic carbocycles. The van der Waals surface area contributed by atoms with Gasteiger partial charge in [-0.25, -0.2) is 9.79 Å². The third-order valence-corrected chi connectivity index (χ3v) is 3.65. The Hall–Kier alpha value is -1.77. The first kappa shape index (κ1) is 16.6. The summed E-state index contributed by atoms with van der Waals surface area (Å²) in [7, 11) is 3.61. The highest BCUT2D eigenvalue weighted by Crippen LogP contribution is 2.38. The highest BCUT2D eigenvalue weighted by atomic mass is 16.6. The number of hydrogen-bond donors (Lipinski definition) is 2. The third kappa shape index (κ3) is 3.03. The maximum absolute atomic E-state index is 12.2. The Balaban J connectivity index is 2.32. The molecule has 1 fully saturated rings. The Morgan fingerprint density at radius 2 is 2.27 bits per heavy atom. The minimum Gasteiger partial charge on any atom is -0.387 e. The molecule has 2 unspecified atom stereocenters. The largest absolute Gasteiger partial charge is 0.387 e. The molecule has 2 N–H and O–H groups in total. The van der Waals surface area contributed by atoms with E-state index in [0.29, 0.717) is 6.42 Å². The molecule has 0 amide bonds. The minimum absolute atomic E-state index is 0.264. The Labute approximate surface area is 128 Å². The zero-order chi connectivity index (χ0) is 16.5. The van der Waals surface area contributed by atoms with E-state index in [1.807, 2.05) is 6.92 Å². The standard InChI is InChI=1S/C14H22N4O4/c1-5-9-11(19)14(2,21)12(22-9)18-7-6-10(16-13(18)20)15-8-17(3)4/h6-9,11-12,19,21H,5H2,1-4H3/t9-,11+,12?,14?/m1/s1. The zero-order valence-corrected chi connectivity index (χ0v) is 13.2. The molecular weight excluding hydrogens is 288 g/mol. The fraction of sp³-hybridized carbons (Fsp3) is 0.643. The van der Waals surface area contributed by atoms with Gasteiger partial charge in [0.1, 0.15) is 11.7 Å². The molecule has 0 aromatic carbocycles. The van der Waals surface area contributed by atoms with Crippen LogP contribution in [0.15, 0.2) is 22.1 Å². The van der Waals surface area contributed by atoms with Gasteiger partial charge in [0.25, 0.3) is 0 Å². The number of ether oxygens (including phenoxy) is 1. The zero-order valence-electron chi connectivity index (χ0n) is 13.2. The van der Waals surface area contributed by atoms with Gasteiger partial charge in [-0.2, -0.15) is 4.98 Å². The van der Waals surface area contributed by atoms with Crippen LogP contribution >= 0.6 is 0 Å². The van der Waals surface area contributed by atoms with Crippen molar-refractivity contribution in [2.75, 3.05) is 14.1 Å². The van der Waals surface area contributed by atoms with Crippen LogP contribution in [0, 0.1) is 0 Å². The minimum atomic E-state index is -1.57. The molecule has 8 nitrogen and oxygen atoms in total. The predicted octanol–water partition coefficient (Wildman–Crippen LogP) is -0.116. The molecule has 1 aromatic rings. The highest BCUT2D eigenvalue weighted by Gasteiger charge is 2.52. The first-order chi connectivity index (χ1) is 10.3. The van der Waals surface area contributed by atoms with Gasteiger partial charge in [-0.15, -0.1) is 0 Å². The van der Waals surface area contributed by atoms with Crippen LogP contribution in [0.25, 0.3) is 0 Å². The van der Waals surface area contributed by atoms with E-state index in [1.54, 1.807) is 25.1 Å². The van der Waals surface area contributed by atoms with E-state index >= 15 is 0 Å². The quantitative estimate of drug-likeness (QED) is 0.594. The third-order valence-electron chi connectivity index (χ3n) is 3.65. The Morgan fingerprint density at radius 3 is 2.77 bits per heavy atom. The van der Waals surface area contributed by atoms with Crippen molar-refractivity contribution in [3.05, 3.63) is 22.7 Å². The second-order valence-electron chi connectivity index (χ2n) is 5.79. The first-order valence-electron chi connectivity index (χ1n) is 7.13. The second-order valence-corrected chi connectivity index (χ2v) is 5.79. The van der Waals surface area contributed by atoms with Crippen LogP contribution in [0.3, 0.4) is 0 Å². The van der Waals surface area contributed by atoms with E-state index in [0.717, 1.165) is 0 Å². The lowest BCUT2D eigenvalue weighted by Crippen LogP contribution is -2.45. The summed E-state index contributed by atoms with van der Waals surface area (Å²) in [6.45, 7) is 3.29. The van der Waals surface area contributed by atoms with Crippen molar-refractivity contribution in [3.63, 3.8) is 0 Å². The van der Waals surface area contributed by atoms with Crippen molar-refractivity contribution in [1.82, 2.24) is 14.5 Å². The van der Waals surface area contributed by atoms with Gasteiger partial charge >= 0.3 is 5.69 Å². The second kappa shape index (κ2) is 6.15. The fourth-order valence-corrected chi connectivity index (χ4v) is 2.40. The lowest BCUT2D eigenvalue weighted by atomic mass is 9.95. The molecule has 0 radical (unpaired) electrons. The van der Waals surface area contributed by atoms with Gasteiger partial charge < -0.3 is 19.8 Å². The van der Waals surface area contributed by atoms with Crippen LogP contribution in [0.4, 0.5) is 5.82 Å². The summed E-state index contributed by atoms with van der Waals surface area (Å²) >= 11 is 0. The topological polar surface area (TPSA) is 100 Å². The van der Waals surface area contributed by atoms with E-state index in [1.165, 1.54) is 24.0 Å². The van der Waals surface area contributed by atoms with Crippen molar-refractivity contribution in [2.24, 2.45) is 4.99 Å². The van der Waals surface area contributed by atoms with E-state index < -0.39 is 29.7 Å². The van der Waals surface area contributed by atoms with Crippen LogP contribution in [0.2, 0.25) is 0 Å². The number of hydrogen-bond acceptors (Lipinski definition) is 6. The maximum atomic E-state index is 12.2. The molecule has 0 bridgehead atoms. The first-order valence-corrected chi connectivity index (χ1v) is 7.13. The highest BCUT2D eigenvalue weighted by molar-refractivity contribution is 5.58. The maximum Gasteiger partial charge on any atom is 0.351 e. The molecular formula is C14H22N4O4. The van der Waals surface area contributed by atoms with Crippen molar-refractivity contribution < 1.29 is 14.9 Å². The molecule has 8 heteroatoms. The fourth-order valence-electron chi connectivity index (χ4n) is 2.40. The van der Waals surface area contributed by atoms with Crippen LogP contribution in [0.5, 0.6) is 0 Å². The lowest BCUT2D eigenvalue weighted by molar-refractivity contribution is -0.0975. The normalized spacial score (nSPS) is 31.8. The lowest BCUT2D eigenvalue weighted by Gasteiger charge is -2.27. The summed E-state index contributed by atoms with van der Waals surface area (Å²) in [4.78, 5) is 21.8. The van der Waals surface area contributed by atoms with Gasteiger partial charge in [-0.1, -0.05) is 6.92 Å². The summed E-state index contributed by atoms with van der Waals surface area (Å²) in [6.07, 6.45) is 0.937. The van der Waals surface area contributed by atoms with Gasteiger partial charge in [0.05, 0.1) is 12.4 Å². The average Bonchev–Trinajstić information content (AvgIpc) is 2.68. The van der Waals surface area contributed by atoms with E-state index in [-0.39, 0.29) is 5.82 Å². The van der Waals surface area contributed by atoms with Crippen molar-refractivity contribution in [3.8, 4) is 0 Å². The smallest absolute Gasteiger partial charge is 0.351 e. The molecule has 0 saturated carbocycles. The number of rotatable bonds is 4. The van der Waals surface area contributed by atoms with Gasteiger partial charge in [0.2, 0.25) is 0 Å². The molecule has 22 heavy (non-hydrogen) atoms. The van der Waals surface area contributed by atoms with Crippen LogP contribution in [0.1, 0.15) is 26.5 Å². The molecule has 1 saturated heterocycles.